The Kier molecular flexibility index (Phi) is 9.16. The van der Waals surface area contributed by atoms with E-state index < -0.39 is 34.7 Å². The van der Waals surface area contributed by atoms with Crippen LogP contribution in [0.1, 0.15) is 47.6 Å². The molecule has 0 spiro atoms. The Bertz CT molecular complexity index is 1650. The summed E-state index contributed by atoms with van der Waals surface area (Å²) >= 11 is 0. The molecule has 1 aliphatic carbocycles. The van der Waals surface area contributed by atoms with Gasteiger partial charge in [-0.25, -0.2) is 8.78 Å². The first-order chi connectivity index (χ1) is 21.8. The van der Waals surface area contributed by atoms with E-state index in [1.165, 1.54) is 12.8 Å². The fourth-order valence-corrected chi connectivity index (χ4v) is 6.17. The van der Waals surface area contributed by atoms with Crippen molar-refractivity contribution < 1.29 is 27.4 Å². The number of nitrogens with one attached hydrogen (secondary N) is 1. The normalized spacial score (nSPS) is 19.1. The molecule has 6 rings (SSSR count). The van der Waals surface area contributed by atoms with Gasteiger partial charge < -0.3 is 24.6 Å². The fourth-order valence-electron chi connectivity index (χ4n) is 6.17. The van der Waals surface area contributed by atoms with Gasteiger partial charge in [0.15, 0.2) is 17.4 Å². The molecule has 2 aliphatic rings. The molecule has 1 aromatic heterocycles. The minimum atomic E-state index is -1.53. The molecule has 3 aromatic carbocycles. The highest BCUT2D eigenvalue weighted by atomic mass is 19.2. The molecule has 1 saturated carbocycles. The van der Waals surface area contributed by atoms with Crippen LogP contribution in [0, 0.1) is 23.4 Å². The molecular formula is C34H38F3N5O3. The minimum Gasteiger partial charge on any atom is -0.497 e. The minimum absolute atomic E-state index is 0.170. The number of ether oxygens (including phenoxy) is 2. The van der Waals surface area contributed by atoms with Crippen LogP contribution in [0.15, 0.2) is 54.7 Å². The summed E-state index contributed by atoms with van der Waals surface area (Å²) in [6.45, 7) is 4.21. The van der Waals surface area contributed by atoms with Gasteiger partial charge in [0.1, 0.15) is 12.4 Å². The van der Waals surface area contributed by atoms with Gasteiger partial charge in [-0.3, -0.25) is 9.48 Å². The lowest BCUT2D eigenvalue weighted by atomic mass is 9.86. The van der Waals surface area contributed by atoms with Crippen LogP contribution in [0.2, 0.25) is 0 Å². The number of likely N-dealkylation sites (N-methyl/N-ethyl adjacent to an activating group) is 1. The first kappa shape index (κ1) is 30.8. The number of amides is 1. The van der Waals surface area contributed by atoms with Crippen molar-refractivity contribution >= 4 is 22.5 Å². The second-order valence-electron chi connectivity index (χ2n) is 12.0. The number of anilines is 1. The van der Waals surface area contributed by atoms with E-state index in [0.717, 1.165) is 62.8 Å². The lowest BCUT2D eigenvalue weighted by Crippen LogP contribution is -2.44. The molecule has 2 heterocycles. The lowest BCUT2D eigenvalue weighted by Gasteiger charge is -2.34. The monoisotopic (exact) mass is 621 g/mol. The molecule has 2 fully saturated rings. The Balaban J connectivity index is 1.01. The van der Waals surface area contributed by atoms with Crippen molar-refractivity contribution in [1.82, 2.24) is 20.0 Å². The van der Waals surface area contributed by atoms with Gasteiger partial charge in [0.05, 0.1) is 24.2 Å². The number of rotatable bonds is 9. The molecule has 0 bridgehead atoms. The molecule has 238 valence electrons. The third-order valence-electron chi connectivity index (χ3n) is 9.02. The molecule has 11 heteroatoms. The van der Waals surface area contributed by atoms with E-state index >= 15 is 0 Å². The number of aromatic nitrogens is 2. The van der Waals surface area contributed by atoms with Gasteiger partial charge in [0.2, 0.25) is 5.82 Å². The quantitative estimate of drug-likeness (QED) is 0.233. The number of carbonyl (C=O) groups excluding carboxylic acids is 1. The van der Waals surface area contributed by atoms with Gasteiger partial charge in [0.25, 0.3) is 5.91 Å². The molecule has 1 amide bonds. The molecule has 1 N–H and O–H groups in total. The Morgan fingerprint density at radius 1 is 0.956 bits per heavy atom. The Morgan fingerprint density at radius 3 is 2.40 bits per heavy atom. The average Bonchev–Trinajstić information content (AvgIpc) is 3.50. The fraction of sp³-hybridized carbons (Fsp3) is 0.412. The number of hydrogen-bond acceptors (Lipinski definition) is 6. The van der Waals surface area contributed by atoms with E-state index in [-0.39, 0.29) is 18.6 Å². The van der Waals surface area contributed by atoms with Crippen LogP contribution in [0.25, 0.3) is 10.9 Å². The number of fused-ring (bicyclic) bond motifs is 1. The van der Waals surface area contributed by atoms with Crippen molar-refractivity contribution in [3.05, 3.63) is 83.3 Å². The Hall–Kier alpha value is -4.25. The highest BCUT2D eigenvalue weighted by molar-refractivity contribution is 5.94. The summed E-state index contributed by atoms with van der Waals surface area (Å²) in [4.78, 5) is 17.5. The molecule has 4 aromatic rings. The third kappa shape index (κ3) is 6.88. The van der Waals surface area contributed by atoms with Crippen molar-refractivity contribution in [2.45, 2.75) is 38.3 Å². The predicted molar refractivity (Wildman–Crippen MR) is 166 cm³/mol. The van der Waals surface area contributed by atoms with Gasteiger partial charge in [-0.05, 0) is 80.6 Å². The van der Waals surface area contributed by atoms with Crippen LogP contribution in [0.3, 0.4) is 0 Å². The summed E-state index contributed by atoms with van der Waals surface area (Å²) in [6, 6.07) is 14.1. The number of piperazine rings is 1. The zero-order valence-electron chi connectivity index (χ0n) is 25.6. The molecular weight excluding hydrogens is 583 g/mol. The molecule has 0 radical (unpaired) electrons. The molecule has 0 unspecified atom stereocenters. The van der Waals surface area contributed by atoms with Crippen LogP contribution in [0.4, 0.5) is 18.9 Å². The van der Waals surface area contributed by atoms with E-state index in [9.17, 15) is 18.0 Å². The van der Waals surface area contributed by atoms with E-state index in [2.05, 4.69) is 51.2 Å². The van der Waals surface area contributed by atoms with Crippen LogP contribution in [-0.4, -0.2) is 67.5 Å². The van der Waals surface area contributed by atoms with E-state index in [1.807, 2.05) is 0 Å². The number of halogens is 3. The maximum absolute atomic E-state index is 14.8. The first-order valence-corrected chi connectivity index (χ1v) is 15.4. The van der Waals surface area contributed by atoms with Crippen LogP contribution in [0.5, 0.6) is 11.5 Å². The number of hydrogen-bond donors (Lipinski definition) is 1. The maximum atomic E-state index is 14.8. The standard InChI is InChI=1S/C34H38F3N5O3/c1-40-13-15-41(16-14-40)26-10-7-24-20-42(39-30(24)17-26)25-8-3-22(4-9-25)19-38-34(43)28-18-29(35)33(32(37)31(28)36)45-21-23-5-11-27(44-2)12-6-23/h5-7,10-12,17-18,20,22,25H,3-4,8-9,13-16,19,21H2,1-2H3,(H,38,43)/t22-,25-. The van der Waals surface area contributed by atoms with Gasteiger partial charge in [-0.2, -0.15) is 9.49 Å². The number of carbonyl (C=O) groups is 1. The lowest BCUT2D eigenvalue weighted by molar-refractivity contribution is 0.0935. The van der Waals surface area contributed by atoms with Crippen molar-refractivity contribution in [2.24, 2.45) is 5.92 Å². The van der Waals surface area contributed by atoms with E-state index in [4.69, 9.17) is 14.6 Å². The van der Waals surface area contributed by atoms with Crippen LogP contribution >= 0.6 is 0 Å². The summed E-state index contributed by atoms with van der Waals surface area (Å²) < 4.78 is 56.7. The van der Waals surface area contributed by atoms with E-state index in [0.29, 0.717) is 23.9 Å². The molecule has 1 aliphatic heterocycles. The second kappa shape index (κ2) is 13.4. The third-order valence-corrected chi connectivity index (χ3v) is 9.02. The van der Waals surface area contributed by atoms with Gasteiger partial charge in [-0.1, -0.05) is 12.1 Å². The molecule has 45 heavy (non-hydrogen) atoms. The summed E-state index contributed by atoms with van der Waals surface area (Å²) in [5.41, 5.74) is 2.11. The summed E-state index contributed by atoms with van der Waals surface area (Å²) in [7, 11) is 3.67. The highest BCUT2D eigenvalue weighted by Gasteiger charge is 2.27. The van der Waals surface area contributed by atoms with Crippen molar-refractivity contribution in [1.29, 1.82) is 0 Å². The average molecular weight is 622 g/mol. The van der Waals surface area contributed by atoms with Crippen molar-refractivity contribution in [3.8, 4) is 11.5 Å². The highest BCUT2D eigenvalue weighted by Crippen LogP contribution is 2.33. The maximum Gasteiger partial charge on any atom is 0.254 e. The summed E-state index contributed by atoms with van der Waals surface area (Å²) in [5.74, 6) is -5.05. The second-order valence-corrected chi connectivity index (χ2v) is 12.0. The summed E-state index contributed by atoms with van der Waals surface area (Å²) in [6.07, 6.45) is 5.57. The van der Waals surface area contributed by atoms with Gasteiger partial charge in [-0.15, -0.1) is 0 Å². The molecule has 0 atom stereocenters. The Morgan fingerprint density at radius 2 is 1.69 bits per heavy atom. The van der Waals surface area contributed by atoms with Crippen molar-refractivity contribution in [2.75, 3.05) is 51.8 Å². The predicted octanol–water partition coefficient (Wildman–Crippen LogP) is 5.95. The number of methoxy groups -OCH3 is 1. The van der Waals surface area contributed by atoms with Gasteiger partial charge in [0, 0.05) is 50.0 Å². The van der Waals surface area contributed by atoms with E-state index in [1.54, 1.807) is 24.3 Å². The smallest absolute Gasteiger partial charge is 0.254 e. The number of benzene rings is 3. The summed E-state index contributed by atoms with van der Waals surface area (Å²) in [5, 5.41) is 8.68. The SMILES string of the molecule is COc1ccc(COc2c(F)cc(C(=O)NC[C@H]3CC[C@H](n4cc5ccc(N6CCN(C)CC6)cc5n4)CC3)c(F)c2F)cc1. The molecule has 8 nitrogen and oxygen atoms in total. The largest absolute Gasteiger partial charge is 0.497 e. The van der Waals surface area contributed by atoms with Gasteiger partial charge >= 0.3 is 0 Å². The number of nitrogens with zero attached hydrogens (tertiary/aromatic N) is 4. The first-order valence-electron chi connectivity index (χ1n) is 15.4. The zero-order valence-corrected chi connectivity index (χ0v) is 25.6. The van der Waals surface area contributed by atoms with Crippen LogP contribution in [-0.2, 0) is 6.61 Å². The molecule has 1 saturated heterocycles. The van der Waals surface area contributed by atoms with Crippen molar-refractivity contribution in [3.63, 3.8) is 0 Å². The zero-order chi connectivity index (χ0) is 31.5. The van der Waals surface area contributed by atoms with Crippen LogP contribution < -0.4 is 19.7 Å². The Labute approximate surface area is 260 Å². The topological polar surface area (TPSA) is 71.9 Å².